The van der Waals surface area contributed by atoms with Crippen LogP contribution in [0.2, 0.25) is 0 Å². The van der Waals surface area contributed by atoms with E-state index in [1.54, 1.807) is 34.1 Å². The zero-order valence-electron chi connectivity index (χ0n) is 20.1. The number of benzene rings is 1. The molecular weight excluding hydrogens is 490 g/mol. The van der Waals surface area contributed by atoms with Gasteiger partial charge in [-0.3, -0.25) is 24.1 Å². The van der Waals surface area contributed by atoms with Crippen LogP contribution in [0.25, 0.3) is 6.08 Å². The van der Waals surface area contributed by atoms with Crippen LogP contribution in [0, 0.1) is 0 Å². The predicted octanol–water partition coefficient (Wildman–Crippen LogP) is 1.22. The van der Waals surface area contributed by atoms with Crippen molar-refractivity contribution in [3.8, 4) is 11.5 Å². The van der Waals surface area contributed by atoms with Crippen molar-refractivity contribution >= 4 is 40.8 Å². The van der Waals surface area contributed by atoms with E-state index in [4.69, 9.17) is 18.9 Å². The molecule has 3 aliphatic rings. The van der Waals surface area contributed by atoms with Crippen LogP contribution in [-0.4, -0.2) is 110 Å². The van der Waals surface area contributed by atoms with Crippen LogP contribution < -0.4 is 9.47 Å². The van der Waals surface area contributed by atoms with Crippen molar-refractivity contribution in [1.82, 2.24) is 14.7 Å². The lowest BCUT2D eigenvalue weighted by Gasteiger charge is -2.28. The number of nitrogens with zero attached hydrogens (tertiary/aromatic N) is 3. The van der Waals surface area contributed by atoms with Crippen molar-refractivity contribution in [2.24, 2.45) is 0 Å². The molecule has 0 unspecified atom stereocenters. The van der Waals surface area contributed by atoms with Crippen molar-refractivity contribution < 1.29 is 38.1 Å². The van der Waals surface area contributed by atoms with Gasteiger partial charge in [0, 0.05) is 26.2 Å². The molecule has 3 aliphatic heterocycles. The molecule has 194 valence electrons. The van der Waals surface area contributed by atoms with Gasteiger partial charge < -0.3 is 28.7 Å². The van der Waals surface area contributed by atoms with E-state index >= 15 is 0 Å². The third-order valence-corrected chi connectivity index (χ3v) is 6.72. The average Bonchev–Trinajstić information content (AvgIpc) is 3.16. The lowest BCUT2D eigenvalue weighted by atomic mass is 10.2. The van der Waals surface area contributed by atoms with E-state index in [1.165, 1.54) is 0 Å². The third kappa shape index (κ3) is 6.37. The Labute approximate surface area is 213 Å². The molecule has 1 aromatic carbocycles. The second-order valence-electron chi connectivity index (χ2n) is 8.18. The summed E-state index contributed by atoms with van der Waals surface area (Å²) in [4.78, 5) is 54.7. The lowest BCUT2D eigenvalue weighted by molar-refractivity contribution is -0.139. The number of hydrogen-bond acceptors (Lipinski definition) is 9. The molecule has 4 rings (SSSR count). The van der Waals surface area contributed by atoms with Gasteiger partial charge in [-0.05, 0) is 42.5 Å². The Kier molecular flexibility index (Phi) is 8.83. The highest BCUT2D eigenvalue weighted by atomic mass is 32.2. The second-order valence-corrected chi connectivity index (χ2v) is 9.18. The standard InChI is InChI=1S/C24H29N3O8S/c1-2-34-19-13-17(3-4-18(19)35-16-22(29)26-7-11-33-12-8-26)14-20-23(30)27(24(31)36-20)15-21(28)25-5-9-32-10-6-25/h3-4,13-14H,2,5-12,15-16H2,1H3/b20-14-. The molecule has 0 aliphatic carbocycles. The molecule has 3 fully saturated rings. The van der Waals surface area contributed by atoms with Crippen LogP contribution >= 0.6 is 11.8 Å². The Bertz CT molecular complexity index is 1030. The molecule has 3 saturated heterocycles. The maximum Gasteiger partial charge on any atom is 0.294 e. The zero-order valence-corrected chi connectivity index (χ0v) is 20.9. The number of carbonyl (C=O) groups excluding carboxylic acids is 4. The summed E-state index contributed by atoms with van der Waals surface area (Å²) in [6, 6.07) is 5.06. The molecule has 4 amide bonds. The molecule has 0 spiro atoms. The summed E-state index contributed by atoms with van der Waals surface area (Å²) in [5, 5.41) is -0.487. The van der Waals surface area contributed by atoms with Gasteiger partial charge in [-0.15, -0.1) is 0 Å². The molecule has 0 saturated carbocycles. The first-order valence-electron chi connectivity index (χ1n) is 11.8. The second kappa shape index (κ2) is 12.2. The molecule has 0 atom stereocenters. The van der Waals surface area contributed by atoms with Crippen LogP contribution in [0.1, 0.15) is 12.5 Å². The van der Waals surface area contributed by atoms with E-state index in [0.717, 1.165) is 16.7 Å². The van der Waals surface area contributed by atoms with Crippen LogP contribution in [0.5, 0.6) is 11.5 Å². The van der Waals surface area contributed by atoms with Crippen molar-refractivity contribution in [3.05, 3.63) is 28.7 Å². The van der Waals surface area contributed by atoms with Crippen molar-refractivity contribution in [2.45, 2.75) is 6.92 Å². The number of amides is 4. The first kappa shape index (κ1) is 26.0. The molecule has 0 N–H and O–H groups in total. The topological polar surface area (TPSA) is 115 Å². The molecule has 0 bridgehead atoms. The Morgan fingerprint density at radius 2 is 1.58 bits per heavy atom. The van der Waals surface area contributed by atoms with Crippen LogP contribution in [0.3, 0.4) is 0 Å². The van der Waals surface area contributed by atoms with Gasteiger partial charge >= 0.3 is 0 Å². The molecule has 11 nitrogen and oxygen atoms in total. The Balaban J connectivity index is 1.41. The van der Waals surface area contributed by atoms with Gasteiger partial charge in [-0.1, -0.05) is 6.07 Å². The van der Waals surface area contributed by atoms with Crippen molar-refractivity contribution in [3.63, 3.8) is 0 Å². The van der Waals surface area contributed by atoms with Crippen LogP contribution in [0.4, 0.5) is 4.79 Å². The minimum Gasteiger partial charge on any atom is -0.490 e. The maximum absolute atomic E-state index is 12.9. The normalized spacial score (nSPS) is 19.7. The fraction of sp³-hybridized carbons (Fsp3) is 0.500. The number of imide groups is 1. The summed E-state index contributed by atoms with van der Waals surface area (Å²) in [5.41, 5.74) is 0.621. The zero-order chi connectivity index (χ0) is 25.5. The van der Waals surface area contributed by atoms with E-state index in [2.05, 4.69) is 0 Å². The Hall–Kier alpha value is -3.09. The van der Waals surface area contributed by atoms with Gasteiger partial charge in [0.15, 0.2) is 18.1 Å². The minimum atomic E-state index is -0.513. The maximum atomic E-state index is 12.9. The van der Waals surface area contributed by atoms with Gasteiger partial charge in [0.2, 0.25) is 5.91 Å². The molecule has 12 heteroatoms. The number of ether oxygens (including phenoxy) is 4. The van der Waals surface area contributed by atoms with Crippen LogP contribution in [0.15, 0.2) is 23.1 Å². The molecule has 0 aromatic heterocycles. The van der Waals surface area contributed by atoms with Gasteiger partial charge in [0.25, 0.3) is 17.1 Å². The number of hydrogen-bond donors (Lipinski definition) is 0. The summed E-state index contributed by atoms with van der Waals surface area (Å²) in [6.45, 7) is 5.63. The summed E-state index contributed by atoms with van der Waals surface area (Å²) < 4.78 is 21.9. The molecular formula is C24H29N3O8S. The van der Waals surface area contributed by atoms with E-state index in [0.29, 0.717) is 76.3 Å². The lowest BCUT2D eigenvalue weighted by Crippen LogP contribution is -2.46. The molecule has 0 radical (unpaired) electrons. The summed E-state index contributed by atoms with van der Waals surface area (Å²) in [7, 11) is 0. The number of morpholine rings is 2. The highest BCUT2D eigenvalue weighted by Crippen LogP contribution is 2.34. The van der Waals surface area contributed by atoms with Crippen molar-refractivity contribution in [1.29, 1.82) is 0 Å². The van der Waals surface area contributed by atoms with Gasteiger partial charge in [0.05, 0.1) is 37.9 Å². The highest BCUT2D eigenvalue weighted by molar-refractivity contribution is 8.18. The Morgan fingerprint density at radius 1 is 0.944 bits per heavy atom. The monoisotopic (exact) mass is 519 g/mol. The Morgan fingerprint density at radius 3 is 2.22 bits per heavy atom. The summed E-state index contributed by atoms with van der Waals surface area (Å²) in [6.07, 6.45) is 1.58. The molecule has 3 heterocycles. The SMILES string of the molecule is CCOc1cc(/C=C2\SC(=O)N(CC(=O)N3CCOCC3)C2=O)ccc1OCC(=O)N1CCOCC1. The molecule has 36 heavy (non-hydrogen) atoms. The molecule has 1 aromatic rings. The van der Waals surface area contributed by atoms with E-state index < -0.39 is 11.1 Å². The highest BCUT2D eigenvalue weighted by Gasteiger charge is 2.37. The minimum absolute atomic E-state index is 0.129. The first-order chi connectivity index (χ1) is 17.5. The fourth-order valence-electron chi connectivity index (χ4n) is 3.88. The van der Waals surface area contributed by atoms with Gasteiger partial charge in [-0.2, -0.15) is 0 Å². The van der Waals surface area contributed by atoms with Gasteiger partial charge in [-0.25, -0.2) is 0 Å². The fourth-order valence-corrected chi connectivity index (χ4v) is 4.72. The largest absolute Gasteiger partial charge is 0.490 e. The van der Waals surface area contributed by atoms with E-state index in [9.17, 15) is 19.2 Å². The predicted molar refractivity (Wildman–Crippen MR) is 131 cm³/mol. The van der Waals surface area contributed by atoms with E-state index in [1.807, 2.05) is 6.92 Å². The van der Waals surface area contributed by atoms with E-state index in [-0.39, 0.29) is 29.9 Å². The number of rotatable bonds is 8. The smallest absolute Gasteiger partial charge is 0.294 e. The quantitative estimate of drug-likeness (QED) is 0.468. The average molecular weight is 520 g/mol. The number of carbonyl (C=O) groups is 4. The van der Waals surface area contributed by atoms with Crippen molar-refractivity contribution in [2.75, 3.05) is 72.4 Å². The first-order valence-corrected chi connectivity index (χ1v) is 12.6. The third-order valence-electron chi connectivity index (χ3n) is 5.81. The summed E-state index contributed by atoms with van der Waals surface area (Å²) in [5.74, 6) is -0.109. The van der Waals surface area contributed by atoms with Crippen LogP contribution in [-0.2, 0) is 23.9 Å². The number of thioether (sulfide) groups is 1. The van der Waals surface area contributed by atoms with Gasteiger partial charge in [0.1, 0.15) is 6.54 Å². The summed E-state index contributed by atoms with van der Waals surface area (Å²) >= 11 is 0.789.